The van der Waals surface area contributed by atoms with Crippen LogP contribution < -0.4 is 18.9 Å². The maximum Gasteiger partial charge on any atom is 0.189 e. The van der Waals surface area contributed by atoms with Gasteiger partial charge < -0.3 is 18.9 Å². The van der Waals surface area contributed by atoms with Crippen LogP contribution in [0.2, 0.25) is 0 Å². The van der Waals surface area contributed by atoms with Gasteiger partial charge in [-0.1, -0.05) is 6.07 Å². The third-order valence-corrected chi connectivity index (χ3v) is 4.59. The molecule has 0 unspecified atom stereocenters. The summed E-state index contributed by atoms with van der Waals surface area (Å²) in [7, 11) is 6.36. The monoisotopic (exact) mass is 354 g/mol. The van der Waals surface area contributed by atoms with Crippen molar-refractivity contribution in [3.8, 4) is 23.0 Å². The molecule has 0 radical (unpaired) electrons. The second-order valence-corrected chi connectivity index (χ2v) is 5.94. The fraction of sp³-hybridized carbons (Fsp3) is 0.286. The van der Waals surface area contributed by atoms with Crippen LogP contribution in [0.5, 0.6) is 23.0 Å². The Kier molecular flexibility index (Phi) is 5.16. The Hall–Kier alpha value is -2.95. The molecule has 0 heterocycles. The van der Waals surface area contributed by atoms with E-state index in [0.29, 0.717) is 40.6 Å². The molecule has 136 valence electrons. The first-order chi connectivity index (χ1) is 12.6. The first-order valence-corrected chi connectivity index (χ1v) is 8.34. The second-order valence-electron chi connectivity index (χ2n) is 5.94. The Bertz CT molecular complexity index is 845. The lowest BCUT2D eigenvalue weighted by Crippen LogP contribution is -2.15. The maximum absolute atomic E-state index is 13.0. The lowest BCUT2D eigenvalue weighted by molar-refractivity contribution is 0.102. The van der Waals surface area contributed by atoms with Gasteiger partial charge in [-0.2, -0.15) is 0 Å². The number of carbonyl (C=O) groups is 1. The molecule has 5 heteroatoms. The number of benzene rings is 2. The van der Waals surface area contributed by atoms with Crippen molar-refractivity contribution in [3.63, 3.8) is 0 Å². The van der Waals surface area contributed by atoms with E-state index in [1.165, 1.54) is 0 Å². The van der Waals surface area contributed by atoms with Gasteiger partial charge in [0.25, 0.3) is 0 Å². The predicted molar refractivity (Wildman–Crippen MR) is 99.7 cm³/mol. The summed E-state index contributed by atoms with van der Waals surface area (Å²) < 4.78 is 21.5. The number of fused-ring (bicyclic) bond motifs is 1. The van der Waals surface area contributed by atoms with E-state index in [1.807, 2.05) is 30.3 Å². The smallest absolute Gasteiger partial charge is 0.189 e. The largest absolute Gasteiger partial charge is 0.496 e. The molecule has 1 aliphatic carbocycles. The van der Waals surface area contributed by atoms with E-state index in [9.17, 15) is 4.79 Å². The number of ether oxygens (including phenoxy) is 4. The van der Waals surface area contributed by atoms with E-state index in [0.717, 1.165) is 17.5 Å². The van der Waals surface area contributed by atoms with Gasteiger partial charge >= 0.3 is 0 Å². The normalized spacial score (nSPS) is 14.8. The van der Waals surface area contributed by atoms with E-state index in [4.69, 9.17) is 18.9 Å². The molecule has 2 aromatic carbocycles. The van der Waals surface area contributed by atoms with Crippen LogP contribution in [-0.2, 0) is 6.42 Å². The molecule has 0 saturated heterocycles. The summed E-state index contributed by atoms with van der Waals surface area (Å²) in [5, 5.41) is 0. The number of hydrogen-bond acceptors (Lipinski definition) is 5. The minimum atomic E-state index is -0.0137. The van der Waals surface area contributed by atoms with Gasteiger partial charge in [0.05, 0.1) is 34.0 Å². The average molecular weight is 354 g/mol. The topological polar surface area (TPSA) is 54.0 Å². The SMILES string of the molecule is COc1cc2c(cc1OC)C(=O)C(=Cc1c(OC)cccc1OC)CC2. The van der Waals surface area contributed by atoms with Gasteiger partial charge in [0.2, 0.25) is 0 Å². The number of methoxy groups -OCH3 is 4. The van der Waals surface area contributed by atoms with Gasteiger partial charge in [-0.15, -0.1) is 0 Å². The van der Waals surface area contributed by atoms with E-state index < -0.39 is 0 Å². The zero-order valence-electron chi connectivity index (χ0n) is 15.4. The second kappa shape index (κ2) is 7.52. The van der Waals surface area contributed by atoms with Gasteiger partial charge in [-0.25, -0.2) is 0 Å². The van der Waals surface area contributed by atoms with Crippen LogP contribution in [-0.4, -0.2) is 34.2 Å². The zero-order valence-corrected chi connectivity index (χ0v) is 15.4. The quantitative estimate of drug-likeness (QED) is 0.762. The van der Waals surface area contributed by atoms with Crippen molar-refractivity contribution >= 4 is 11.9 Å². The molecule has 0 fully saturated rings. The fourth-order valence-electron chi connectivity index (χ4n) is 3.23. The van der Waals surface area contributed by atoms with Gasteiger partial charge in [0, 0.05) is 11.1 Å². The molecule has 5 nitrogen and oxygen atoms in total. The summed E-state index contributed by atoms with van der Waals surface area (Å²) in [6.45, 7) is 0. The number of carbonyl (C=O) groups excluding carboxylic acids is 1. The number of Topliss-reactive ketones (excluding diaryl/α,β-unsaturated/α-hetero) is 1. The number of rotatable bonds is 5. The molecule has 0 saturated carbocycles. The first-order valence-electron chi connectivity index (χ1n) is 8.34. The van der Waals surface area contributed by atoms with E-state index in [1.54, 1.807) is 34.5 Å². The van der Waals surface area contributed by atoms with Crippen molar-refractivity contribution in [1.82, 2.24) is 0 Å². The molecule has 2 aromatic rings. The lowest BCUT2D eigenvalue weighted by Gasteiger charge is -2.20. The Balaban J connectivity index is 2.06. The lowest BCUT2D eigenvalue weighted by atomic mass is 9.85. The molecule has 0 aliphatic heterocycles. The van der Waals surface area contributed by atoms with Crippen molar-refractivity contribution in [3.05, 3.63) is 52.6 Å². The van der Waals surface area contributed by atoms with Gasteiger partial charge in [0.15, 0.2) is 17.3 Å². The van der Waals surface area contributed by atoms with E-state index in [2.05, 4.69) is 0 Å². The summed E-state index contributed by atoms with van der Waals surface area (Å²) in [6, 6.07) is 9.19. The summed E-state index contributed by atoms with van der Waals surface area (Å²) in [4.78, 5) is 13.0. The van der Waals surface area contributed by atoms with Crippen molar-refractivity contribution in [1.29, 1.82) is 0 Å². The highest BCUT2D eigenvalue weighted by Gasteiger charge is 2.25. The first kappa shape index (κ1) is 17.9. The number of hydrogen-bond donors (Lipinski definition) is 0. The van der Waals surface area contributed by atoms with Crippen molar-refractivity contribution in [2.24, 2.45) is 0 Å². The molecule has 0 amide bonds. The van der Waals surface area contributed by atoms with Crippen LogP contribution in [0, 0.1) is 0 Å². The van der Waals surface area contributed by atoms with Gasteiger partial charge in [-0.05, 0) is 48.7 Å². The molecule has 0 aromatic heterocycles. The highest BCUT2D eigenvalue weighted by molar-refractivity contribution is 6.13. The summed E-state index contributed by atoms with van der Waals surface area (Å²) >= 11 is 0. The molecular weight excluding hydrogens is 332 g/mol. The number of allylic oxidation sites excluding steroid dienone is 1. The zero-order chi connectivity index (χ0) is 18.7. The van der Waals surface area contributed by atoms with Crippen LogP contribution in [0.4, 0.5) is 0 Å². The van der Waals surface area contributed by atoms with Crippen molar-refractivity contribution in [2.45, 2.75) is 12.8 Å². The minimum Gasteiger partial charge on any atom is -0.496 e. The maximum atomic E-state index is 13.0. The minimum absolute atomic E-state index is 0.0137. The highest BCUT2D eigenvalue weighted by Crippen LogP contribution is 2.37. The van der Waals surface area contributed by atoms with Crippen molar-refractivity contribution < 1.29 is 23.7 Å². The Morgan fingerprint density at radius 3 is 1.96 bits per heavy atom. The highest BCUT2D eigenvalue weighted by atomic mass is 16.5. The molecule has 0 bridgehead atoms. The van der Waals surface area contributed by atoms with Crippen LogP contribution >= 0.6 is 0 Å². The summed E-state index contributed by atoms with van der Waals surface area (Å²) in [6.07, 6.45) is 3.26. The van der Waals surface area contributed by atoms with Crippen LogP contribution in [0.3, 0.4) is 0 Å². The molecule has 0 spiro atoms. The molecule has 0 N–H and O–H groups in total. The summed E-state index contributed by atoms with van der Waals surface area (Å²) in [5.74, 6) is 2.51. The van der Waals surface area contributed by atoms with Gasteiger partial charge in [-0.3, -0.25) is 4.79 Å². The Labute approximate surface area is 153 Å². The molecule has 26 heavy (non-hydrogen) atoms. The van der Waals surface area contributed by atoms with Crippen LogP contribution in [0.15, 0.2) is 35.9 Å². The molecule has 0 atom stereocenters. The number of ketones is 1. The standard InChI is InChI=1S/C21H22O5/c1-23-17-6-5-7-18(24-2)16(17)10-14-9-8-13-11-19(25-3)20(26-4)12-15(13)21(14)22/h5-7,10-12H,8-9H2,1-4H3. The molecule has 3 rings (SSSR count). The van der Waals surface area contributed by atoms with Crippen molar-refractivity contribution in [2.75, 3.05) is 28.4 Å². The Morgan fingerprint density at radius 2 is 1.38 bits per heavy atom. The van der Waals surface area contributed by atoms with Crippen LogP contribution in [0.25, 0.3) is 6.08 Å². The molecule has 1 aliphatic rings. The van der Waals surface area contributed by atoms with E-state index >= 15 is 0 Å². The number of aryl methyl sites for hydroxylation is 1. The predicted octanol–water partition coefficient (Wildman–Crippen LogP) is 3.93. The fourth-order valence-corrected chi connectivity index (χ4v) is 3.23. The summed E-state index contributed by atoms with van der Waals surface area (Å²) in [5.41, 5.74) is 3.10. The van der Waals surface area contributed by atoms with Crippen LogP contribution in [0.1, 0.15) is 27.9 Å². The molecular formula is C21H22O5. The third-order valence-electron chi connectivity index (χ3n) is 4.59. The average Bonchev–Trinajstić information content (AvgIpc) is 2.69. The van der Waals surface area contributed by atoms with E-state index in [-0.39, 0.29) is 5.78 Å². The third kappa shape index (κ3) is 3.12. The van der Waals surface area contributed by atoms with Gasteiger partial charge in [0.1, 0.15) is 11.5 Å². The Morgan fingerprint density at radius 1 is 0.808 bits per heavy atom.